The van der Waals surface area contributed by atoms with Crippen LogP contribution >= 0.6 is 0 Å². The summed E-state index contributed by atoms with van der Waals surface area (Å²) in [5.74, 6) is 1.65. The lowest BCUT2D eigenvalue weighted by Crippen LogP contribution is -2.44. The van der Waals surface area contributed by atoms with E-state index in [2.05, 4.69) is 80.4 Å². The zero-order valence-electron chi connectivity index (χ0n) is 31.4. The molecule has 0 radical (unpaired) electrons. The Morgan fingerprint density at radius 1 is 0.706 bits per heavy atom. The van der Waals surface area contributed by atoms with Crippen LogP contribution in [0.3, 0.4) is 0 Å². The van der Waals surface area contributed by atoms with E-state index in [-0.39, 0.29) is 30.2 Å². The molecule has 2 saturated heterocycles. The van der Waals surface area contributed by atoms with E-state index in [1.54, 1.807) is 0 Å². The maximum Gasteiger partial charge on any atom is 0.410 e. The van der Waals surface area contributed by atoms with Crippen molar-refractivity contribution in [3.8, 4) is 22.3 Å². The van der Waals surface area contributed by atoms with Crippen molar-refractivity contribution in [1.29, 1.82) is 0 Å². The number of benzene rings is 3. The molecule has 9 heteroatoms. The van der Waals surface area contributed by atoms with Gasteiger partial charge in [-0.2, -0.15) is 0 Å². The van der Waals surface area contributed by atoms with Crippen LogP contribution < -0.4 is 0 Å². The number of fused-ring (bicyclic) bond motifs is 2. The first-order valence-electron chi connectivity index (χ1n) is 18.3. The number of rotatable bonds is 4. The summed E-state index contributed by atoms with van der Waals surface area (Å²) in [5, 5.41) is 0. The van der Waals surface area contributed by atoms with E-state index in [0.29, 0.717) is 24.9 Å². The molecular formula is C42H51N5O4. The highest BCUT2D eigenvalue weighted by molar-refractivity contribution is 6.03. The summed E-state index contributed by atoms with van der Waals surface area (Å²) < 4.78 is 11.5. The third-order valence-electron chi connectivity index (χ3n) is 10.2. The normalized spacial score (nSPS) is 23.5. The number of hydrogen-bond acceptors (Lipinski definition) is 6. The molecule has 3 aliphatic rings. The van der Waals surface area contributed by atoms with Gasteiger partial charge >= 0.3 is 12.2 Å². The van der Waals surface area contributed by atoms with Crippen molar-refractivity contribution in [2.45, 2.75) is 104 Å². The maximum atomic E-state index is 13.2. The zero-order valence-corrected chi connectivity index (χ0v) is 31.4. The molecule has 5 atom stereocenters. The Balaban J connectivity index is 1.07. The minimum absolute atomic E-state index is 0.0612. The molecule has 7 rings (SSSR count). The van der Waals surface area contributed by atoms with Crippen molar-refractivity contribution >= 4 is 34.6 Å². The van der Waals surface area contributed by atoms with Gasteiger partial charge in [0.25, 0.3) is 0 Å². The number of nitrogens with one attached hydrogen (secondary N) is 1. The van der Waals surface area contributed by atoms with E-state index in [1.165, 1.54) is 5.56 Å². The van der Waals surface area contributed by atoms with Gasteiger partial charge in [-0.3, -0.25) is 14.8 Å². The topological polar surface area (TPSA) is 100 Å². The molecule has 3 aromatic carbocycles. The van der Waals surface area contributed by atoms with Gasteiger partial charge in [-0.25, -0.2) is 14.6 Å². The smallest absolute Gasteiger partial charge is 0.410 e. The highest BCUT2D eigenvalue weighted by atomic mass is 16.6. The fraction of sp³-hybridized carbons (Fsp3) is 0.476. The number of amides is 2. The molecule has 0 spiro atoms. The summed E-state index contributed by atoms with van der Waals surface area (Å²) in [6.07, 6.45) is 1.17. The van der Waals surface area contributed by atoms with E-state index in [9.17, 15) is 9.59 Å². The quantitative estimate of drug-likeness (QED) is 0.230. The Hall–Kier alpha value is -4.66. The van der Waals surface area contributed by atoms with Crippen LogP contribution in [0, 0.1) is 11.8 Å². The van der Waals surface area contributed by atoms with Crippen LogP contribution in [-0.2, 0) is 9.47 Å². The van der Waals surface area contributed by atoms with Gasteiger partial charge in [0, 0.05) is 24.7 Å². The van der Waals surface area contributed by atoms with E-state index >= 15 is 0 Å². The Morgan fingerprint density at radius 3 is 1.80 bits per heavy atom. The zero-order chi connectivity index (χ0) is 36.4. The molecule has 2 fully saturated rings. The minimum atomic E-state index is -0.552. The van der Waals surface area contributed by atoms with Gasteiger partial charge in [-0.05, 0) is 118 Å². The standard InChI is InChI=1S/C42H51N5O4/c1-24-18-35(46(22-24)39(48)50-41(4,5)6)37-26(3)31-20-29(14-16-32(31)43-37)27-10-12-28(13-11-27)30-15-17-33-34(21-30)45-38(44-33)36-19-25(2)23-47(36)40(49)51-42(7,8)9/h10-17,20-21,24-26,35-36H,18-19,22-23H2,1-9H3,(H,44,45)/t24-,25-,26?,35-,36-/m0/s1. The third-order valence-corrected chi connectivity index (χ3v) is 10.2. The summed E-state index contributed by atoms with van der Waals surface area (Å²) in [6.45, 7) is 19.3. The summed E-state index contributed by atoms with van der Waals surface area (Å²) in [5.41, 5.74) is 8.43. The SMILES string of the molecule is CC1C([C@@H]2C[C@H](C)CN2C(=O)OC(C)(C)C)=Nc2ccc(-c3ccc(-c4ccc5nc([C@@H]6C[C@H](C)CN6C(=O)OC(C)(C)C)[nH]c5c4)cc3)cc21. The first kappa shape index (κ1) is 34.8. The van der Waals surface area contributed by atoms with Crippen LogP contribution in [-0.4, -0.2) is 68.0 Å². The summed E-state index contributed by atoms with van der Waals surface area (Å²) >= 11 is 0. The molecule has 4 aromatic rings. The summed E-state index contributed by atoms with van der Waals surface area (Å²) in [4.78, 5) is 43.4. The van der Waals surface area contributed by atoms with E-state index in [1.807, 2.05) is 57.4 Å². The van der Waals surface area contributed by atoms with E-state index in [4.69, 9.17) is 19.5 Å². The lowest BCUT2D eigenvalue weighted by Gasteiger charge is -2.29. The third kappa shape index (κ3) is 7.12. The van der Waals surface area contributed by atoms with E-state index < -0.39 is 11.2 Å². The lowest BCUT2D eigenvalue weighted by atomic mass is 9.89. The molecule has 0 saturated carbocycles. The van der Waals surface area contributed by atoms with Crippen molar-refractivity contribution in [3.63, 3.8) is 0 Å². The number of aromatic nitrogens is 2. The average Bonchev–Trinajstić information content (AvgIpc) is 3.83. The summed E-state index contributed by atoms with van der Waals surface area (Å²) in [7, 11) is 0. The van der Waals surface area contributed by atoms with Crippen molar-refractivity contribution in [2.24, 2.45) is 16.8 Å². The molecular weight excluding hydrogens is 638 g/mol. The molecule has 1 N–H and O–H groups in total. The van der Waals surface area contributed by atoms with Crippen LogP contribution in [0.1, 0.15) is 98.5 Å². The van der Waals surface area contributed by atoms with Crippen LogP contribution in [0.2, 0.25) is 0 Å². The molecule has 4 heterocycles. The predicted molar refractivity (Wildman–Crippen MR) is 202 cm³/mol. The van der Waals surface area contributed by atoms with Crippen LogP contribution in [0.25, 0.3) is 33.3 Å². The maximum absolute atomic E-state index is 13.2. The highest BCUT2D eigenvalue weighted by Gasteiger charge is 2.42. The number of hydrogen-bond donors (Lipinski definition) is 1. The number of H-pyrrole nitrogens is 1. The van der Waals surface area contributed by atoms with Crippen molar-refractivity contribution < 1.29 is 19.1 Å². The fourth-order valence-corrected chi connectivity index (χ4v) is 7.84. The molecule has 1 unspecified atom stereocenters. The van der Waals surface area contributed by atoms with Gasteiger partial charge in [0.1, 0.15) is 17.0 Å². The number of aromatic amines is 1. The lowest BCUT2D eigenvalue weighted by molar-refractivity contribution is 0.0212. The van der Waals surface area contributed by atoms with Crippen LogP contribution in [0.15, 0.2) is 65.7 Å². The van der Waals surface area contributed by atoms with E-state index in [0.717, 1.165) is 63.4 Å². The molecule has 0 bridgehead atoms. The van der Waals surface area contributed by atoms with Crippen molar-refractivity contribution in [3.05, 3.63) is 72.1 Å². The number of imidazole rings is 1. The van der Waals surface area contributed by atoms with Gasteiger partial charge in [-0.1, -0.05) is 57.2 Å². The van der Waals surface area contributed by atoms with Crippen LogP contribution in [0.5, 0.6) is 0 Å². The van der Waals surface area contributed by atoms with Gasteiger partial charge in [0.05, 0.1) is 28.8 Å². The number of aliphatic imine (C=N–C) groups is 1. The molecule has 9 nitrogen and oxygen atoms in total. The highest BCUT2D eigenvalue weighted by Crippen LogP contribution is 2.42. The van der Waals surface area contributed by atoms with Crippen molar-refractivity contribution in [1.82, 2.24) is 19.8 Å². The Morgan fingerprint density at radius 2 is 1.22 bits per heavy atom. The first-order chi connectivity index (χ1) is 24.0. The molecule has 1 aromatic heterocycles. The first-order valence-corrected chi connectivity index (χ1v) is 18.3. The molecule has 51 heavy (non-hydrogen) atoms. The molecule has 2 amide bonds. The predicted octanol–water partition coefficient (Wildman–Crippen LogP) is 10.0. The second kappa shape index (κ2) is 12.8. The Bertz CT molecular complexity index is 2000. The Labute approximate surface area is 301 Å². The van der Waals surface area contributed by atoms with Gasteiger partial charge in [-0.15, -0.1) is 0 Å². The number of ether oxygens (including phenoxy) is 2. The average molecular weight is 690 g/mol. The summed E-state index contributed by atoms with van der Waals surface area (Å²) in [6, 6.07) is 21.2. The number of carbonyl (C=O) groups is 2. The monoisotopic (exact) mass is 689 g/mol. The number of nitrogens with zero attached hydrogens (tertiary/aromatic N) is 4. The molecule has 0 aliphatic carbocycles. The number of carbonyl (C=O) groups excluding carboxylic acids is 2. The molecule has 3 aliphatic heterocycles. The number of likely N-dealkylation sites (tertiary alicyclic amines) is 2. The minimum Gasteiger partial charge on any atom is -0.444 e. The second-order valence-corrected chi connectivity index (χ2v) is 16.9. The van der Waals surface area contributed by atoms with Crippen LogP contribution in [0.4, 0.5) is 15.3 Å². The van der Waals surface area contributed by atoms with Gasteiger partial charge in [0.15, 0.2) is 0 Å². The van der Waals surface area contributed by atoms with Gasteiger partial charge in [0.2, 0.25) is 0 Å². The van der Waals surface area contributed by atoms with Crippen molar-refractivity contribution in [2.75, 3.05) is 13.1 Å². The Kier molecular flexibility index (Phi) is 8.75. The fourth-order valence-electron chi connectivity index (χ4n) is 7.84. The molecule has 268 valence electrons. The van der Waals surface area contributed by atoms with Gasteiger partial charge < -0.3 is 14.5 Å². The largest absolute Gasteiger partial charge is 0.444 e. The second-order valence-electron chi connectivity index (χ2n) is 16.9.